The molecule has 0 heterocycles. The molecule has 2 N–H and O–H groups in total. The second kappa shape index (κ2) is 18.0. The highest BCUT2D eigenvalue weighted by Crippen LogP contribution is 2.38. The molecule has 2 aromatic carbocycles. The summed E-state index contributed by atoms with van der Waals surface area (Å²) in [5, 5.41) is 2.06. The van der Waals surface area contributed by atoms with Gasteiger partial charge in [0.2, 0.25) is 0 Å². The molecule has 5 heteroatoms. The lowest BCUT2D eigenvalue weighted by Gasteiger charge is -2.21. The second-order valence-corrected chi connectivity index (χ2v) is 11.9. The standard InChI is InChI=1S/C30H49O4P/c1-2-3-4-5-6-7-8-9-10-11-12-13-14-15-16-17-23-28(26-35(31,32)33)34-30-25-20-22-27-21-18-19-24-29(27)30/h18-22,24-25,28H,2-17,23,26H2,1H3,(H2,31,32,33). The Morgan fingerprint density at radius 1 is 0.686 bits per heavy atom. The molecule has 0 amide bonds. The quantitative estimate of drug-likeness (QED) is 0.131. The Morgan fingerprint density at radius 2 is 1.17 bits per heavy atom. The zero-order valence-corrected chi connectivity index (χ0v) is 22.9. The molecule has 0 bridgehead atoms. The Kier molecular flexibility index (Phi) is 15.3. The zero-order chi connectivity index (χ0) is 25.2. The van der Waals surface area contributed by atoms with Gasteiger partial charge in [-0.15, -0.1) is 0 Å². The van der Waals surface area contributed by atoms with E-state index in [1.54, 1.807) is 0 Å². The van der Waals surface area contributed by atoms with Crippen LogP contribution in [0.5, 0.6) is 5.75 Å². The van der Waals surface area contributed by atoms with Crippen LogP contribution in [-0.2, 0) is 4.57 Å². The van der Waals surface area contributed by atoms with Crippen molar-refractivity contribution in [2.45, 2.75) is 122 Å². The maximum Gasteiger partial charge on any atom is 0.329 e. The first-order valence-corrected chi connectivity index (χ1v) is 16.0. The maximum absolute atomic E-state index is 11.7. The molecule has 1 atom stereocenters. The highest BCUT2D eigenvalue weighted by atomic mass is 31.2. The van der Waals surface area contributed by atoms with Gasteiger partial charge in [-0.25, -0.2) is 0 Å². The Balaban J connectivity index is 1.56. The molecule has 2 aromatic rings. The number of fused-ring (bicyclic) bond motifs is 1. The van der Waals surface area contributed by atoms with E-state index >= 15 is 0 Å². The average molecular weight is 505 g/mol. The molecule has 35 heavy (non-hydrogen) atoms. The van der Waals surface area contributed by atoms with Crippen molar-refractivity contribution < 1.29 is 19.1 Å². The largest absolute Gasteiger partial charge is 0.489 e. The molecule has 0 aromatic heterocycles. The molecule has 0 saturated heterocycles. The van der Waals surface area contributed by atoms with Gasteiger partial charge in [-0.05, 0) is 24.3 Å². The number of unbranched alkanes of at least 4 members (excludes halogenated alkanes) is 15. The van der Waals surface area contributed by atoms with E-state index in [0.717, 1.165) is 23.6 Å². The van der Waals surface area contributed by atoms with Crippen molar-refractivity contribution >= 4 is 18.4 Å². The summed E-state index contributed by atoms with van der Waals surface area (Å²) in [5.41, 5.74) is 0. The fraction of sp³-hybridized carbons (Fsp3) is 0.667. The van der Waals surface area contributed by atoms with Gasteiger partial charge in [0.15, 0.2) is 0 Å². The minimum atomic E-state index is -4.14. The van der Waals surface area contributed by atoms with E-state index < -0.39 is 13.7 Å². The van der Waals surface area contributed by atoms with Crippen LogP contribution < -0.4 is 4.74 Å². The topological polar surface area (TPSA) is 66.8 Å². The summed E-state index contributed by atoms with van der Waals surface area (Å²) in [6, 6.07) is 13.8. The number of benzene rings is 2. The van der Waals surface area contributed by atoms with E-state index in [2.05, 4.69) is 6.92 Å². The number of ether oxygens (including phenoxy) is 1. The highest BCUT2D eigenvalue weighted by Gasteiger charge is 2.23. The summed E-state index contributed by atoms with van der Waals surface area (Å²) in [7, 11) is -4.14. The van der Waals surface area contributed by atoms with Crippen LogP contribution in [0.4, 0.5) is 0 Å². The molecule has 0 fully saturated rings. The van der Waals surface area contributed by atoms with Gasteiger partial charge in [0.25, 0.3) is 0 Å². The lowest BCUT2D eigenvalue weighted by atomic mass is 10.0. The van der Waals surface area contributed by atoms with Gasteiger partial charge in [-0.3, -0.25) is 4.57 Å². The molecule has 1 unspecified atom stereocenters. The van der Waals surface area contributed by atoms with Gasteiger partial charge in [-0.1, -0.05) is 140 Å². The highest BCUT2D eigenvalue weighted by molar-refractivity contribution is 7.51. The normalized spacial score (nSPS) is 12.8. The Morgan fingerprint density at radius 3 is 1.71 bits per heavy atom. The predicted octanol–water partition coefficient (Wildman–Crippen LogP) is 9.42. The third-order valence-electron chi connectivity index (χ3n) is 6.86. The fourth-order valence-corrected chi connectivity index (χ4v) is 5.64. The Labute approximate surface area is 214 Å². The lowest BCUT2D eigenvalue weighted by Crippen LogP contribution is -2.21. The van der Waals surface area contributed by atoms with E-state index in [1.165, 1.54) is 89.9 Å². The number of hydrogen-bond acceptors (Lipinski definition) is 2. The average Bonchev–Trinajstić information content (AvgIpc) is 2.83. The van der Waals surface area contributed by atoms with Crippen molar-refractivity contribution in [1.29, 1.82) is 0 Å². The summed E-state index contributed by atoms with van der Waals surface area (Å²) >= 11 is 0. The molecule has 2 rings (SSSR count). The van der Waals surface area contributed by atoms with Gasteiger partial charge in [0.05, 0.1) is 6.16 Å². The van der Waals surface area contributed by atoms with Crippen molar-refractivity contribution in [2.75, 3.05) is 6.16 Å². The van der Waals surface area contributed by atoms with Crippen LogP contribution in [-0.4, -0.2) is 22.1 Å². The third kappa shape index (κ3) is 14.1. The van der Waals surface area contributed by atoms with Gasteiger partial charge >= 0.3 is 7.60 Å². The lowest BCUT2D eigenvalue weighted by molar-refractivity contribution is 0.202. The van der Waals surface area contributed by atoms with Gasteiger partial charge in [-0.2, -0.15) is 0 Å². The van der Waals surface area contributed by atoms with Gasteiger partial charge in [0, 0.05) is 5.39 Å². The Hall–Kier alpha value is -1.35. The summed E-state index contributed by atoms with van der Waals surface area (Å²) < 4.78 is 17.8. The van der Waals surface area contributed by atoms with E-state index in [9.17, 15) is 14.4 Å². The molecule has 0 aliphatic rings. The molecule has 0 aliphatic carbocycles. The van der Waals surface area contributed by atoms with Crippen LogP contribution in [0.3, 0.4) is 0 Å². The molecule has 4 nitrogen and oxygen atoms in total. The summed E-state index contributed by atoms with van der Waals surface area (Å²) in [4.78, 5) is 19.1. The first-order chi connectivity index (χ1) is 17.0. The monoisotopic (exact) mass is 504 g/mol. The number of rotatable bonds is 21. The van der Waals surface area contributed by atoms with Crippen molar-refractivity contribution in [3.63, 3.8) is 0 Å². The van der Waals surface area contributed by atoms with Crippen LogP contribution in [0.15, 0.2) is 42.5 Å². The van der Waals surface area contributed by atoms with E-state index in [4.69, 9.17) is 4.74 Å². The first kappa shape index (κ1) is 29.9. The van der Waals surface area contributed by atoms with Crippen LogP contribution >= 0.6 is 7.60 Å². The summed E-state index contributed by atoms with van der Waals surface area (Å²) in [6.07, 6.45) is 21.0. The van der Waals surface area contributed by atoms with Crippen LogP contribution in [0.25, 0.3) is 10.8 Å². The molecule has 0 radical (unpaired) electrons. The minimum absolute atomic E-state index is 0.227. The molecule has 0 saturated carbocycles. The third-order valence-corrected chi connectivity index (χ3v) is 7.75. The summed E-state index contributed by atoms with van der Waals surface area (Å²) in [5.74, 6) is 0.707. The molecular formula is C30H49O4P. The van der Waals surface area contributed by atoms with Gasteiger partial charge in [0.1, 0.15) is 11.9 Å². The van der Waals surface area contributed by atoms with Crippen molar-refractivity contribution in [3.05, 3.63) is 42.5 Å². The maximum atomic E-state index is 11.7. The SMILES string of the molecule is CCCCCCCCCCCCCCCCCCC(CP(=O)(O)O)Oc1cccc2ccccc12. The van der Waals surface area contributed by atoms with Gasteiger partial charge < -0.3 is 14.5 Å². The molecular weight excluding hydrogens is 455 g/mol. The van der Waals surface area contributed by atoms with E-state index in [-0.39, 0.29) is 6.16 Å². The smallest absolute Gasteiger partial charge is 0.329 e. The minimum Gasteiger partial charge on any atom is -0.489 e. The number of hydrogen-bond donors (Lipinski definition) is 2. The van der Waals surface area contributed by atoms with Crippen LogP contribution in [0.2, 0.25) is 0 Å². The fourth-order valence-electron chi connectivity index (χ4n) is 4.85. The summed E-state index contributed by atoms with van der Waals surface area (Å²) in [6.45, 7) is 2.27. The second-order valence-electron chi connectivity index (χ2n) is 10.2. The van der Waals surface area contributed by atoms with Crippen molar-refractivity contribution in [3.8, 4) is 5.75 Å². The zero-order valence-electron chi connectivity index (χ0n) is 22.0. The van der Waals surface area contributed by atoms with Crippen LogP contribution in [0.1, 0.15) is 116 Å². The molecule has 198 valence electrons. The van der Waals surface area contributed by atoms with Crippen LogP contribution in [0, 0.1) is 0 Å². The van der Waals surface area contributed by atoms with E-state index in [1.807, 2.05) is 42.5 Å². The predicted molar refractivity (Wildman–Crippen MR) is 149 cm³/mol. The molecule has 0 spiro atoms. The Bertz CT molecular complexity index is 842. The first-order valence-electron chi connectivity index (χ1n) is 14.2. The van der Waals surface area contributed by atoms with Crippen molar-refractivity contribution in [2.24, 2.45) is 0 Å². The van der Waals surface area contributed by atoms with E-state index in [0.29, 0.717) is 12.2 Å². The van der Waals surface area contributed by atoms with Crippen molar-refractivity contribution in [1.82, 2.24) is 0 Å². The molecule has 0 aliphatic heterocycles.